The largest absolute Gasteiger partial charge is 0.493 e. The van der Waals surface area contributed by atoms with Crippen LogP contribution in [0.4, 0.5) is 0 Å². The monoisotopic (exact) mass is 280 g/mol. The van der Waals surface area contributed by atoms with E-state index in [2.05, 4.69) is 0 Å². The number of benzene rings is 1. The third-order valence-electron chi connectivity index (χ3n) is 4.76. The van der Waals surface area contributed by atoms with Crippen LogP contribution in [0.2, 0.25) is 5.02 Å². The zero-order chi connectivity index (χ0) is 13.4. The summed E-state index contributed by atoms with van der Waals surface area (Å²) < 4.78 is 5.97. The molecule has 0 spiro atoms. The van der Waals surface area contributed by atoms with E-state index in [4.69, 9.17) is 16.3 Å². The maximum absolute atomic E-state index is 9.79. The molecule has 104 valence electrons. The van der Waals surface area contributed by atoms with Crippen LogP contribution in [0.15, 0.2) is 18.2 Å². The number of halogens is 1. The van der Waals surface area contributed by atoms with Crippen molar-refractivity contribution >= 4 is 11.6 Å². The Morgan fingerprint density at radius 3 is 2.84 bits per heavy atom. The first kappa shape index (κ1) is 13.3. The van der Waals surface area contributed by atoms with Gasteiger partial charge in [0, 0.05) is 10.6 Å². The molecule has 0 aliphatic heterocycles. The van der Waals surface area contributed by atoms with E-state index in [1.807, 2.05) is 12.1 Å². The Hall–Kier alpha value is -0.730. The zero-order valence-corrected chi connectivity index (χ0v) is 12.1. The van der Waals surface area contributed by atoms with Crippen molar-refractivity contribution in [2.75, 3.05) is 6.61 Å². The second-order valence-electron chi connectivity index (χ2n) is 6.10. The minimum absolute atomic E-state index is 0.547. The van der Waals surface area contributed by atoms with Crippen LogP contribution in [0.1, 0.15) is 44.3 Å². The highest BCUT2D eigenvalue weighted by Crippen LogP contribution is 2.48. The predicted octanol–water partition coefficient (Wildman–Crippen LogP) is 4.21. The Bertz CT molecular complexity index is 458. The summed E-state index contributed by atoms with van der Waals surface area (Å²) in [6, 6.07) is 5.49. The first-order chi connectivity index (χ1) is 9.13. The molecule has 2 aliphatic rings. The molecule has 0 aromatic heterocycles. The number of rotatable bonds is 4. The van der Waals surface area contributed by atoms with E-state index in [9.17, 15) is 5.11 Å². The van der Waals surface area contributed by atoms with Crippen LogP contribution >= 0.6 is 11.6 Å². The molecule has 3 unspecified atom stereocenters. The van der Waals surface area contributed by atoms with E-state index in [1.165, 1.54) is 25.7 Å². The Morgan fingerprint density at radius 1 is 1.37 bits per heavy atom. The van der Waals surface area contributed by atoms with Crippen molar-refractivity contribution in [1.29, 1.82) is 0 Å². The van der Waals surface area contributed by atoms with Crippen molar-refractivity contribution in [2.45, 2.75) is 38.7 Å². The SMILES string of the molecule is C[C@H](O)c1cc(Cl)ccc1OCC1CC2CCC1C2. The van der Waals surface area contributed by atoms with Gasteiger partial charge in [-0.15, -0.1) is 0 Å². The highest BCUT2D eigenvalue weighted by molar-refractivity contribution is 6.30. The standard InChI is InChI=1S/C16H21ClO2/c1-10(18)15-8-14(17)4-5-16(15)19-9-13-7-11-2-3-12(13)6-11/h4-5,8,10-13,18H,2-3,6-7,9H2,1H3/t10-,11?,12?,13?/m0/s1. The van der Waals surface area contributed by atoms with Crippen LogP contribution in [-0.2, 0) is 0 Å². The molecule has 2 saturated carbocycles. The zero-order valence-electron chi connectivity index (χ0n) is 11.3. The molecule has 19 heavy (non-hydrogen) atoms. The Morgan fingerprint density at radius 2 is 2.21 bits per heavy atom. The minimum Gasteiger partial charge on any atom is -0.493 e. The van der Waals surface area contributed by atoms with Crippen molar-refractivity contribution in [2.24, 2.45) is 17.8 Å². The van der Waals surface area contributed by atoms with Gasteiger partial charge in [-0.05, 0) is 62.1 Å². The predicted molar refractivity (Wildman–Crippen MR) is 76.5 cm³/mol. The van der Waals surface area contributed by atoms with Crippen molar-refractivity contribution in [3.05, 3.63) is 28.8 Å². The molecule has 3 rings (SSSR count). The van der Waals surface area contributed by atoms with Gasteiger partial charge in [0.2, 0.25) is 0 Å². The van der Waals surface area contributed by atoms with E-state index in [0.717, 1.165) is 29.8 Å². The molecule has 0 heterocycles. The summed E-state index contributed by atoms with van der Waals surface area (Å²) >= 11 is 5.97. The first-order valence-corrected chi connectivity index (χ1v) is 7.61. The molecule has 1 aromatic carbocycles. The van der Waals surface area contributed by atoms with Gasteiger partial charge in [0.1, 0.15) is 5.75 Å². The summed E-state index contributed by atoms with van der Waals surface area (Å²) in [4.78, 5) is 0. The normalized spacial score (nSPS) is 30.6. The molecule has 1 aromatic rings. The van der Waals surface area contributed by atoms with Crippen LogP contribution in [0.5, 0.6) is 5.75 Å². The molecular weight excluding hydrogens is 260 g/mol. The number of ether oxygens (including phenoxy) is 1. The third kappa shape index (κ3) is 2.75. The van der Waals surface area contributed by atoms with Crippen LogP contribution < -0.4 is 4.74 Å². The average molecular weight is 281 g/mol. The summed E-state index contributed by atoms with van der Waals surface area (Å²) in [5, 5.41) is 10.4. The second-order valence-corrected chi connectivity index (χ2v) is 6.54. The fraction of sp³-hybridized carbons (Fsp3) is 0.625. The van der Waals surface area contributed by atoms with Crippen molar-refractivity contribution in [1.82, 2.24) is 0 Å². The second kappa shape index (κ2) is 5.34. The summed E-state index contributed by atoms with van der Waals surface area (Å²) in [5.41, 5.74) is 0.788. The maximum Gasteiger partial charge on any atom is 0.125 e. The Kier molecular flexibility index (Phi) is 3.72. The summed E-state index contributed by atoms with van der Waals surface area (Å²) in [7, 11) is 0. The smallest absolute Gasteiger partial charge is 0.125 e. The van der Waals surface area contributed by atoms with Crippen molar-refractivity contribution < 1.29 is 9.84 Å². The summed E-state index contributed by atoms with van der Waals surface area (Å²) in [6.07, 6.45) is 4.97. The van der Waals surface area contributed by atoms with E-state index < -0.39 is 6.10 Å². The number of hydrogen-bond donors (Lipinski definition) is 1. The number of aliphatic hydroxyl groups is 1. The highest BCUT2D eigenvalue weighted by atomic mass is 35.5. The number of fused-ring (bicyclic) bond motifs is 2. The van der Waals surface area contributed by atoms with Crippen LogP contribution in [0.3, 0.4) is 0 Å². The molecule has 2 bridgehead atoms. The van der Waals surface area contributed by atoms with E-state index in [-0.39, 0.29) is 0 Å². The number of aliphatic hydroxyl groups excluding tert-OH is 1. The molecule has 0 radical (unpaired) electrons. The van der Waals surface area contributed by atoms with Crippen molar-refractivity contribution in [3.63, 3.8) is 0 Å². The molecule has 0 saturated heterocycles. The lowest BCUT2D eigenvalue weighted by Crippen LogP contribution is -2.19. The van der Waals surface area contributed by atoms with Crippen LogP contribution in [0.25, 0.3) is 0 Å². The summed E-state index contributed by atoms with van der Waals surface area (Å²) in [6.45, 7) is 2.53. The van der Waals surface area contributed by atoms with E-state index in [1.54, 1.807) is 13.0 Å². The van der Waals surface area contributed by atoms with Crippen LogP contribution in [0, 0.1) is 17.8 Å². The van der Waals surface area contributed by atoms with Crippen molar-refractivity contribution in [3.8, 4) is 5.75 Å². The first-order valence-electron chi connectivity index (χ1n) is 7.24. The highest BCUT2D eigenvalue weighted by Gasteiger charge is 2.39. The fourth-order valence-electron chi connectivity index (χ4n) is 3.75. The van der Waals surface area contributed by atoms with Crippen LogP contribution in [-0.4, -0.2) is 11.7 Å². The lowest BCUT2D eigenvalue weighted by Gasteiger charge is -2.23. The Labute approximate surface area is 119 Å². The molecular formula is C16H21ClO2. The van der Waals surface area contributed by atoms with E-state index in [0.29, 0.717) is 10.9 Å². The molecule has 3 heteroatoms. The van der Waals surface area contributed by atoms with Gasteiger partial charge in [-0.1, -0.05) is 18.0 Å². The fourth-order valence-corrected chi connectivity index (χ4v) is 3.94. The topological polar surface area (TPSA) is 29.5 Å². The van der Waals surface area contributed by atoms with Gasteiger partial charge >= 0.3 is 0 Å². The quantitative estimate of drug-likeness (QED) is 0.895. The lowest BCUT2D eigenvalue weighted by atomic mass is 9.89. The molecule has 1 N–H and O–H groups in total. The van der Waals surface area contributed by atoms with Gasteiger partial charge in [-0.3, -0.25) is 0 Å². The summed E-state index contributed by atoms with van der Waals surface area (Å²) in [5.74, 6) is 3.30. The minimum atomic E-state index is -0.547. The average Bonchev–Trinajstić information content (AvgIpc) is 2.99. The number of hydrogen-bond acceptors (Lipinski definition) is 2. The molecule has 2 aliphatic carbocycles. The van der Waals surface area contributed by atoms with Gasteiger partial charge in [0.15, 0.2) is 0 Å². The third-order valence-corrected chi connectivity index (χ3v) is 4.99. The molecule has 2 fully saturated rings. The van der Waals surface area contributed by atoms with E-state index >= 15 is 0 Å². The lowest BCUT2D eigenvalue weighted by molar-refractivity contribution is 0.172. The van der Waals surface area contributed by atoms with Gasteiger partial charge in [0.25, 0.3) is 0 Å². The molecule has 0 amide bonds. The molecule has 4 atom stereocenters. The van der Waals surface area contributed by atoms with Gasteiger partial charge in [0.05, 0.1) is 12.7 Å². The van der Waals surface area contributed by atoms with Gasteiger partial charge in [-0.2, -0.15) is 0 Å². The Balaban J connectivity index is 1.66. The van der Waals surface area contributed by atoms with Gasteiger partial charge in [-0.25, -0.2) is 0 Å². The van der Waals surface area contributed by atoms with Gasteiger partial charge < -0.3 is 9.84 Å². The maximum atomic E-state index is 9.79. The molecule has 2 nitrogen and oxygen atoms in total.